The molecular formula is C8H5Cl2NO2. The van der Waals surface area contributed by atoms with E-state index in [1.54, 1.807) is 24.3 Å². The van der Waals surface area contributed by atoms with Crippen molar-refractivity contribution in [3.8, 4) is 0 Å². The molecule has 5 heteroatoms. The molecule has 0 saturated carbocycles. The number of nitro groups is 1. The number of hydrogen-bond acceptors (Lipinski definition) is 2. The zero-order chi connectivity index (χ0) is 9.84. The highest BCUT2D eigenvalue weighted by molar-refractivity contribution is 6.31. The first-order chi connectivity index (χ1) is 6.09. The predicted molar refractivity (Wildman–Crippen MR) is 52.3 cm³/mol. The van der Waals surface area contributed by atoms with Gasteiger partial charge in [-0.15, -0.1) is 0 Å². The smallest absolute Gasteiger partial charge is 0.257 e. The van der Waals surface area contributed by atoms with Crippen LogP contribution in [-0.4, -0.2) is 4.92 Å². The minimum absolute atomic E-state index is 0.428. The standard InChI is InChI=1S/C8H5Cl2NO2/c9-7-3-1-2-6(4-7)5-8(10)11(12)13/h1-5H/b8-5-. The molecule has 13 heavy (non-hydrogen) atoms. The third-order valence-corrected chi connectivity index (χ3v) is 1.79. The molecule has 0 unspecified atom stereocenters. The van der Waals surface area contributed by atoms with Crippen molar-refractivity contribution in [1.82, 2.24) is 0 Å². The predicted octanol–water partition coefficient (Wildman–Crippen LogP) is 3.15. The summed E-state index contributed by atoms with van der Waals surface area (Å²) in [6, 6.07) is 6.64. The third-order valence-electron chi connectivity index (χ3n) is 1.31. The molecule has 3 nitrogen and oxygen atoms in total. The number of rotatable bonds is 2. The van der Waals surface area contributed by atoms with Crippen molar-refractivity contribution in [3.05, 3.63) is 50.1 Å². The molecule has 0 aliphatic carbocycles. The van der Waals surface area contributed by atoms with Gasteiger partial charge in [0.2, 0.25) is 0 Å². The van der Waals surface area contributed by atoms with Crippen LogP contribution in [0, 0.1) is 10.1 Å². The molecule has 0 saturated heterocycles. The molecular weight excluding hydrogens is 213 g/mol. The van der Waals surface area contributed by atoms with Crippen LogP contribution in [0.1, 0.15) is 5.56 Å². The average Bonchev–Trinajstić information content (AvgIpc) is 2.04. The number of halogens is 2. The van der Waals surface area contributed by atoms with E-state index in [0.29, 0.717) is 10.6 Å². The van der Waals surface area contributed by atoms with Gasteiger partial charge in [0.25, 0.3) is 0 Å². The van der Waals surface area contributed by atoms with Crippen molar-refractivity contribution in [3.63, 3.8) is 0 Å². The van der Waals surface area contributed by atoms with Crippen LogP contribution in [0.5, 0.6) is 0 Å². The second-order valence-corrected chi connectivity index (χ2v) is 3.10. The highest BCUT2D eigenvalue weighted by Crippen LogP contribution is 2.15. The van der Waals surface area contributed by atoms with Crippen LogP contribution in [0.2, 0.25) is 5.02 Å². The molecule has 1 aromatic carbocycles. The van der Waals surface area contributed by atoms with E-state index >= 15 is 0 Å². The van der Waals surface area contributed by atoms with Gasteiger partial charge in [0.1, 0.15) is 0 Å². The lowest BCUT2D eigenvalue weighted by molar-refractivity contribution is -0.410. The van der Waals surface area contributed by atoms with E-state index < -0.39 is 10.1 Å². The number of hydrogen-bond donors (Lipinski definition) is 0. The van der Waals surface area contributed by atoms with Crippen LogP contribution < -0.4 is 0 Å². The highest BCUT2D eigenvalue weighted by Gasteiger charge is 2.04. The average molecular weight is 218 g/mol. The Kier molecular flexibility index (Phi) is 3.28. The molecule has 0 heterocycles. The van der Waals surface area contributed by atoms with Crippen molar-refractivity contribution < 1.29 is 4.92 Å². The Morgan fingerprint density at radius 1 is 1.54 bits per heavy atom. The van der Waals surface area contributed by atoms with Crippen LogP contribution >= 0.6 is 23.2 Å². The summed E-state index contributed by atoms with van der Waals surface area (Å²) in [5, 5.41) is 10.2. The summed E-state index contributed by atoms with van der Waals surface area (Å²) in [5.41, 5.74) is 0.606. The minimum Gasteiger partial charge on any atom is -0.257 e. The van der Waals surface area contributed by atoms with Crippen molar-refractivity contribution >= 4 is 29.3 Å². The molecule has 0 aliphatic heterocycles. The van der Waals surface area contributed by atoms with Gasteiger partial charge in [-0.1, -0.05) is 23.7 Å². The van der Waals surface area contributed by atoms with E-state index in [4.69, 9.17) is 23.2 Å². The third kappa shape index (κ3) is 3.05. The maximum atomic E-state index is 10.2. The Labute approximate surface area is 84.7 Å². The van der Waals surface area contributed by atoms with Crippen LogP contribution in [0.3, 0.4) is 0 Å². The Hall–Kier alpha value is -1.06. The molecule has 0 aromatic heterocycles. The second-order valence-electron chi connectivity index (χ2n) is 2.28. The summed E-state index contributed by atoms with van der Waals surface area (Å²) in [5.74, 6) is 0. The van der Waals surface area contributed by atoms with Crippen molar-refractivity contribution in [2.24, 2.45) is 0 Å². The van der Waals surface area contributed by atoms with Gasteiger partial charge in [-0.25, -0.2) is 0 Å². The fraction of sp³-hybridized carbons (Fsp3) is 0. The van der Waals surface area contributed by atoms with E-state index in [-0.39, 0.29) is 0 Å². The Bertz CT molecular complexity index is 363. The topological polar surface area (TPSA) is 43.1 Å². The molecule has 0 amide bonds. The van der Waals surface area contributed by atoms with E-state index in [1.807, 2.05) is 0 Å². The van der Waals surface area contributed by atoms with Crippen molar-refractivity contribution in [2.45, 2.75) is 0 Å². The SMILES string of the molecule is O=[N+]([O-])/C(Cl)=C\c1cccc(Cl)c1. The summed E-state index contributed by atoms with van der Waals surface area (Å²) in [7, 11) is 0. The van der Waals surface area contributed by atoms with Crippen molar-refractivity contribution in [1.29, 1.82) is 0 Å². The summed E-state index contributed by atoms with van der Waals surface area (Å²) in [4.78, 5) is 9.50. The Balaban J connectivity index is 2.97. The quantitative estimate of drug-likeness (QED) is 0.434. The van der Waals surface area contributed by atoms with Gasteiger partial charge >= 0.3 is 5.16 Å². The molecule has 0 spiro atoms. The van der Waals surface area contributed by atoms with Gasteiger partial charge in [-0.2, -0.15) is 0 Å². The van der Waals surface area contributed by atoms with E-state index in [2.05, 4.69) is 0 Å². The molecule has 68 valence electrons. The summed E-state index contributed by atoms with van der Waals surface area (Å²) in [6.07, 6.45) is 1.24. The maximum Gasteiger partial charge on any atom is 0.337 e. The molecule has 1 rings (SSSR count). The second kappa shape index (κ2) is 4.25. The van der Waals surface area contributed by atoms with E-state index in [9.17, 15) is 10.1 Å². The van der Waals surface area contributed by atoms with Crippen LogP contribution in [-0.2, 0) is 0 Å². The largest absolute Gasteiger partial charge is 0.337 e. The zero-order valence-corrected chi connectivity index (χ0v) is 7.92. The molecule has 1 aromatic rings. The van der Waals surface area contributed by atoms with Crippen LogP contribution in [0.4, 0.5) is 0 Å². The first kappa shape index (κ1) is 10.0. The summed E-state index contributed by atoms with van der Waals surface area (Å²) >= 11 is 11.0. The van der Waals surface area contributed by atoms with E-state index in [1.165, 1.54) is 6.08 Å². The first-order valence-corrected chi connectivity index (χ1v) is 4.12. The van der Waals surface area contributed by atoms with Crippen LogP contribution in [0.25, 0.3) is 6.08 Å². The normalized spacial score (nSPS) is 11.4. The number of nitrogens with zero attached hydrogens (tertiary/aromatic N) is 1. The lowest BCUT2D eigenvalue weighted by Gasteiger charge is -1.92. The van der Waals surface area contributed by atoms with Gasteiger partial charge in [-0.05, 0) is 29.3 Å². The van der Waals surface area contributed by atoms with E-state index in [0.717, 1.165) is 0 Å². The maximum absolute atomic E-state index is 10.2. The molecule has 0 N–H and O–H groups in total. The van der Waals surface area contributed by atoms with Gasteiger partial charge in [-0.3, -0.25) is 10.1 Å². The molecule has 0 atom stereocenters. The first-order valence-electron chi connectivity index (χ1n) is 3.37. The monoisotopic (exact) mass is 217 g/mol. The summed E-state index contributed by atoms with van der Waals surface area (Å²) in [6.45, 7) is 0. The number of benzene rings is 1. The van der Waals surface area contributed by atoms with Crippen molar-refractivity contribution in [2.75, 3.05) is 0 Å². The Morgan fingerprint density at radius 2 is 2.23 bits per heavy atom. The molecule has 0 aliphatic rings. The fourth-order valence-electron chi connectivity index (χ4n) is 0.787. The summed E-state index contributed by atoms with van der Waals surface area (Å²) < 4.78 is 0. The van der Waals surface area contributed by atoms with Gasteiger partial charge < -0.3 is 0 Å². The molecule has 0 radical (unpaired) electrons. The molecule has 0 bridgehead atoms. The van der Waals surface area contributed by atoms with Gasteiger partial charge in [0.15, 0.2) is 0 Å². The minimum atomic E-state index is -0.664. The Morgan fingerprint density at radius 3 is 2.77 bits per heavy atom. The fourth-order valence-corrected chi connectivity index (χ4v) is 1.11. The van der Waals surface area contributed by atoms with Gasteiger partial charge in [0.05, 0.1) is 4.92 Å². The van der Waals surface area contributed by atoms with Gasteiger partial charge in [0, 0.05) is 11.1 Å². The lowest BCUT2D eigenvalue weighted by atomic mass is 10.2. The molecule has 0 fully saturated rings. The highest BCUT2D eigenvalue weighted by atomic mass is 35.5. The van der Waals surface area contributed by atoms with Crippen LogP contribution in [0.15, 0.2) is 29.4 Å². The zero-order valence-electron chi connectivity index (χ0n) is 6.41. The lowest BCUT2D eigenvalue weighted by Crippen LogP contribution is -1.90.